The Labute approximate surface area is 155 Å². The summed E-state index contributed by atoms with van der Waals surface area (Å²) in [5, 5.41) is 2.95. The van der Waals surface area contributed by atoms with Crippen LogP contribution in [0.25, 0.3) is 0 Å². The molecule has 1 aliphatic heterocycles. The SMILES string of the molecule is COc1ccc(C(=O)CN2C(=O)N[C@@](C)(c3ccccc3)C2=O)cc1Cl. The van der Waals surface area contributed by atoms with Crippen molar-refractivity contribution < 1.29 is 19.1 Å². The molecule has 1 aliphatic rings. The average molecular weight is 373 g/mol. The van der Waals surface area contributed by atoms with E-state index in [2.05, 4.69) is 5.32 Å². The van der Waals surface area contributed by atoms with E-state index in [1.165, 1.54) is 13.2 Å². The van der Waals surface area contributed by atoms with Crippen molar-refractivity contribution >= 4 is 29.3 Å². The molecule has 134 valence electrons. The number of imide groups is 1. The molecule has 0 unspecified atom stereocenters. The molecule has 0 aromatic heterocycles. The van der Waals surface area contributed by atoms with Crippen molar-refractivity contribution in [1.29, 1.82) is 0 Å². The van der Waals surface area contributed by atoms with Gasteiger partial charge in [-0.25, -0.2) is 4.79 Å². The van der Waals surface area contributed by atoms with Crippen LogP contribution < -0.4 is 10.1 Å². The number of rotatable bonds is 5. The summed E-state index contributed by atoms with van der Waals surface area (Å²) in [5.74, 6) is -0.424. The van der Waals surface area contributed by atoms with Crippen LogP contribution >= 0.6 is 11.6 Å². The lowest BCUT2D eigenvalue weighted by Gasteiger charge is -2.22. The van der Waals surface area contributed by atoms with Crippen molar-refractivity contribution in [3.63, 3.8) is 0 Å². The first-order valence-corrected chi connectivity index (χ1v) is 8.31. The van der Waals surface area contributed by atoms with E-state index in [4.69, 9.17) is 16.3 Å². The number of benzene rings is 2. The minimum atomic E-state index is -1.20. The second kappa shape index (κ2) is 6.80. The van der Waals surface area contributed by atoms with Gasteiger partial charge in [-0.3, -0.25) is 14.5 Å². The maximum Gasteiger partial charge on any atom is 0.325 e. The van der Waals surface area contributed by atoms with E-state index in [1.54, 1.807) is 43.3 Å². The molecule has 1 saturated heterocycles. The number of nitrogens with zero attached hydrogens (tertiary/aromatic N) is 1. The highest BCUT2D eigenvalue weighted by molar-refractivity contribution is 6.32. The topological polar surface area (TPSA) is 75.7 Å². The van der Waals surface area contributed by atoms with E-state index >= 15 is 0 Å². The molecular formula is C19H17ClN2O4. The number of hydrogen-bond donors (Lipinski definition) is 1. The van der Waals surface area contributed by atoms with Crippen LogP contribution in [0.3, 0.4) is 0 Å². The predicted molar refractivity (Wildman–Crippen MR) is 96.4 cm³/mol. The van der Waals surface area contributed by atoms with Gasteiger partial charge in [-0.1, -0.05) is 41.9 Å². The lowest BCUT2D eigenvalue weighted by Crippen LogP contribution is -2.41. The Balaban J connectivity index is 1.82. The number of nitrogens with one attached hydrogen (secondary N) is 1. The highest BCUT2D eigenvalue weighted by Crippen LogP contribution is 2.29. The van der Waals surface area contributed by atoms with Gasteiger partial charge in [-0.05, 0) is 30.7 Å². The highest BCUT2D eigenvalue weighted by atomic mass is 35.5. The molecule has 26 heavy (non-hydrogen) atoms. The number of Topliss-reactive ketones (excluding diaryl/α,β-unsaturated/α-hetero) is 1. The molecule has 7 heteroatoms. The summed E-state index contributed by atoms with van der Waals surface area (Å²) in [6.45, 7) is 1.26. The maximum atomic E-state index is 12.8. The van der Waals surface area contributed by atoms with Crippen molar-refractivity contribution in [2.24, 2.45) is 0 Å². The van der Waals surface area contributed by atoms with Gasteiger partial charge in [0.2, 0.25) is 0 Å². The van der Waals surface area contributed by atoms with Crippen molar-refractivity contribution in [2.75, 3.05) is 13.7 Å². The normalized spacial score (nSPS) is 19.4. The Bertz CT molecular complexity index is 884. The van der Waals surface area contributed by atoms with E-state index in [-0.39, 0.29) is 11.6 Å². The first kappa shape index (κ1) is 17.9. The minimum Gasteiger partial charge on any atom is -0.495 e. The molecule has 3 amide bonds. The summed E-state index contributed by atoms with van der Waals surface area (Å²) in [6, 6.07) is 12.9. The molecular weight excluding hydrogens is 356 g/mol. The molecule has 0 spiro atoms. The summed E-state index contributed by atoms with van der Waals surface area (Å²) in [6.07, 6.45) is 0. The molecule has 0 radical (unpaired) electrons. The fraction of sp³-hybridized carbons (Fsp3) is 0.211. The van der Waals surface area contributed by atoms with E-state index in [0.717, 1.165) is 4.90 Å². The van der Waals surface area contributed by atoms with Gasteiger partial charge in [0.25, 0.3) is 5.91 Å². The Morgan fingerprint density at radius 3 is 2.50 bits per heavy atom. The number of urea groups is 1. The van der Waals surface area contributed by atoms with Gasteiger partial charge in [0.1, 0.15) is 11.3 Å². The van der Waals surface area contributed by atoms with Gasteiger partial charge in [0.05, 0.1) is 18.7 Å². The van der Waals surface area contributed by atoms with Crippen LogP contribution in [0.2, 0.25) is 5.02 Å². The van der Waals surface area contributed by atoms with E-state index in [1.807, 2.05) is 6.07 Å². The largest absolute Gasteiger partial charge is 0.495 e. The standard InChI is InChI=1S/C19H17ClN2O4/c1-19(13-6-4-3-5-7-13)17(24)22(18(25)21-19)11-15(23)12-8-9-16(26-2)14(20)10-12/h3-10H,11H2,1-2H3,(H,21,25)/t19-/m0/s1. The van der Waals surface area contributed by atoms with Crippen LogP contribution in [0.4, 0.5) is 4.79 Å². The maximum absolute atomic E-state index is 12.8. The molecule has 0 aliphatic carbocycles. The Kier molecular flexibility index (Phi) is 4.70. The third kappa shape index (κ3) is 3.04. The van der Waals surface area contributed by atoms with Crippen LogP contribution in [-0.2, 0) is 10.3 Å². The zero-order valence-electron chi connectivity index (χ0n) is 14.3. The monoisotopic (exact) mass is 372 g/mol. The summed E-state index contributed by atoms with van der Waals surface area (Å²) in [5.41, 5.74) is -0.249. The fourth-order valence-corrected chi connectivity index (χ4v) is 3.14. The van der Waals surface area contributed by atoms with Crippen LogP contribution in [0.1, 0.15) is 22.8 Å². The average Bonchev–Trinajstić information content (AvgIpc) is 2.86. The second-order valence-electron chi connectivity index (χ2n) is 6.08. The van der Waals surface area contributed by atoms with Crippen LogP contribution in [0.5, 0.6) is 5.75 Å². The van der Waals surface area contributed by atoms with E-state index < -0.39 is 23.3 Å². The van der Waals surface area contributed by atoms with Gasteiger partial charge in [0, 0.05) is 5.56 Å². The number of ketones is 1. The molecule has 2 aromatic rings. The van der Waals surface area contributed by atoms with Crippen molar-refractivity contribution in [3.8, 4) is 5.75 Å². The Morgan fingerprint density at radius 1 is 1.19 bits per heavy atom. The summed E-state index contributed by atoms with van der Waals surface area (Å²) < 4.78 is 5.05. The van der Waals surface area contributed by atoms with Crippen LogP contribution in [0, 0.1) is 0 Å². The van der Waals surface area contributed by atoms with Crippen molar-refractivity contribution in [3.05, 3.63) is 64.7 Å². The lowest BCUT2D eigenvalue weighted by molar-refractivity contribution is -0.130. The number of ether oxygens (including phenoxy) is 1. The van der Waals surface area contributed by atoms with Gasteiger partial charge in [-0.2, -0.15) is 0 Å². The Morgan fingerprint density at radius 2 is 1.88 bits per heavy atom. The van der Waals surface area contributed by atoms with Crippen LogP contribution in [0.15, 0.2) is 48.5 Å². The van der Waals surface area contributed by atoms with E-state index in [0.29, 0.717) is 16.9 Å². The molecule has 1 heterocycles. The number of methoxy groups -OCH3 is 1. The summed E-state index contributed by atoms with van der Waals surface area (Å²) in [4.78, 5) is 38.6. The molecule has 6 nitrogen and oxygen atoms in total. The van der Waals surface area contributed by atoms with Crippen LogP contribution in [-0.4, -0.2) is 36.3 Å². The van der Waals surface area contributed by atoms with Crippen molar-refractivity contribution in [1.82, 2.24) is 10.2 Å². The third-order valence-corrected chi connectivity index (χ3v) is 4.70. The third-order valence-electron chi connectivity index (χ3n) is 4.40. The summed E-state index contributed by atoms with van der Waals surface area (Å²) in [7, 11) is 1.47. The molecule has 1 N–H and O–H groups in total. The highest BCUT2D eigenvalue weighted by Gasteiger charge is 2.49. The van der Waals surface area contributed by atoms with Gasteiger partial charge in [0.15, 0.2) is 5.78 Å². The molecule has 1 atom stereocenters. The number of amides is 3. The van der Waals surface area contributed by atoms with Gasteiger partial charge < -0.3 is 10.1 Å². The first-order valence-electron chi connectivity index (χ1n) is 7.93. The predicted octanol–water partition coefficient (Wildman–Crippen LogP) is 3.00. The van der Waals surface area contributed by atoms with Crippen molar-refractivity contribution in [2.45, 2.75) is 12.5 Å². The second-order valence-corrected chi connectivity index (χ2v) is 6.49. The smallest absolute Gasteiger partial charge is 0.325 e. The number of halogens is 1. The lowest BCUT2D eigenvalue weighted by atomic mass is 9.92. The molecule has 2 aromatic carbocycles. The number of carbonyl (C=O) groups excluding carboxylic acids is 3. The fourth-order valence-electron chi connectivity index (χ4n) is 2.88. The molecule has 1 fully saturated rings. The molecule has 0 bridgehead atoms. The zero-order valence-corrected chi connectivity index (χ0v) is 15.0. The zero-order chi connectivity index (χ0) is 18.9. The van der Waals surface area contributed by atoms with Gasteiger partial charge >= 0.3 is 6.03 Å². The molecule has 0 saturated carbocycles. The quantitative estimate of drug-likeness (QED) is 0.646. The van der Waals surface area contributed by atoms with Gasteiger partial charge in [-0.15, -0.1) is 0 Å². The van der Waals surface area contributed by atoms with E-state index in [9.17, 15) is 14.4 Å². The minimum absolute atomic E-state index is 0.282. The molecule has 3 rings (SSSR count). The summed E-state index contributed by atoms with van der Waals surface area (Å²) >= 11 is 6.04. The Hall–Kier alpha value is -2.86. The first-order chi connectivity index (χ1) is 12.4. The number of carbonyl (C=O) groups is 3. The number of hydrogen-bond acceptors (Lipinski definition) is 4.